The summed E-state index contributed by atoms with van der Waals surface area (Å²) in [6, 6.07) is 19.6. The summed E-state index contributed by atoms with van der Waals surface area (Å²) in [7, 11) is 0. The van der Waals surface area contributed by atoms with Gasteiger partial charge in [-0.1, -0.05) is 30.3 Å². The number of rotatable bonds is 3. The number of benzene rings is 3. The summed E-state index contributed by atoms with van der Waals surface area (Å²) < 4.78 is 0.662. The Kier molecular flexibility index (Phi) is 4.31. The third kappa shape index (κ3) is 3.26. The highest BCUT2D eigenvalue weighted by Crippen LogP contribution is 2.29. The highest BCUT2D eigenvalue weighted by molar-refractivity contribution is 9.10. The van der Waals surface area contributed by atoms with Crippen LogP contribution in [0.3, 0.4) is 0 Å². The van der Waals surface area contributed by atoms with Crippen LogP contribution >= 0.6 is 15.9 Å². The van der Waals surface area contributed by atoms with E-state index in [4.69, 9.17) is 0 Å². The minimum absolute atomic E-state index is 0.188. The zero-order valence-electron chi connectivity index (χ0n) is 14.1. The van der Waals surface area contributed by atoms with Crippen LogP contribution in [0, 0.1) is 6.92 Å². The maximum Gasteiger partial charge on any atom is 0.138 e. The standard InChI is InChI=1S/C21H16BrN3O/c1-13-9-15(20(26)17(22)10-13)12-23-16-7-8-18-19(11-16)25-21(24-18)14-5-3-2-4-6-14/h2-12,26H,1H3,(H,24,25). The second-order valence-corrected chi connectivity index (χ2v) is 6.95. The van der Waals surface area contributed by atoms with Gasteiger partial charge in [0.05, 0.1) is 21.2 Å². The summed E-state index contributed by atoms with van der Waals surface area (Å²) >= 11 is 3.36. The number of aromatic amines is 1. The monoisotopic (exact) mass is 405 g/mol. The summed E-state index contributed by atoms with van der Waals surface area (Å²) in [6.45, 7) is 1.98. The van der Waals surface area contributed by atoms with Crippen molar-refractivity contribution in [3.63, 3.8) is 0 Å². The van der Waals surface area contributed by atoms with Crippen LogP contribution in [0.1, 0.15) is 11.1 Å². The number of phenolic OH excluding ortho intramolecular Hbond substituents is 1. The van der Waals surface area contributed by atoms with E-state index in [1.807, 2.05) is 67.6 Å². The number of hydrogen-bond acceptors (Lipinski definition) is 3. The number of aliphatic imine (C=N–C) groups is 1. The van der Waals surface area contributed by atoms with Crippen molar-refractivity contribution in [3.8, 4) is 17.1 Å². The first-order chi connectivity index (χ1) is 12.6. The molecule has 26 heavy (non-hydrogen) atoms. The van der Waals surface area contributed by atoms with E-state index in [1.165, 1.54) is 0 Å². The lowest BCUT2D eigenvalue weighted by atomic mass is 10.1. The smallest absolute Gasteiger partial charge is 0.138 e. The first-order valence-electron chi connectivity index (χ1n) is 8.18. The lowest BCUT2D eigenvalue weighted by Gasteiger charge is -2.03. The normalized spacial score (nSPS) is 11.5. The zero-order chi connectivity index (χ0) is 18.1. The Morgan fingerprint density at radius 2 is 1.88 bits per heavy atom. The molecule has 3 aromatic carbocycles. The molecule has 0 unspecified atom stereocenters. The molecule has 0 fully saturated rings. The Bertz CT molecular complexity index is 1120. The average molecular weight is 406 g/mol. The third-order valence-electron chi connectivity index (χ3n) is 4.10. The number of H-pyrrole nitrogens is 1. The van der Waals surface area contributed by atoms with Gasteiger partial charge in [0.2, 0.25) is 0 Å². The third-order valence-corrected chi connectivity index (χ3v) is 4.71. The number of aromatic hydroxyl groups is 1. The van der Waals surface area contributed by atoms with Crippen LogP contribution in [0.2, 0.25) is 0 Å². The summed E-state index contributed by atoms with van der Waals surface area (Å²) in [5, 5.41) is 10.1. The maximum absolute atomic E-state index is 10.1. The van der Waals surface area contributed by atoms with Crippen molar-refractivity contribution < 1.29 is 5.11 Å². The van der Waals surface area contributed by atoms with Gasteiger partial charge in [0.15, 0.2) is 0 Å². The minimum atomic E-state index is 0.188. The summed E-state index contributed by atoms with van der Waals surface area (Å²) in [5.41, 5.74) is 5.37. The van der Waals surface area contributed by atoms with Crippen LogP contribution in [0.15, 0.2) is 70.1 Å². The molecule has 4 aromatic rings. The second-order valence-electron chi connectivity index (χ2n) is 6.10. The van der Waals surface area contributed by atoms with Gasteiger partial charge < -0.3 is 10.1 Å². The molecule has 0 bridgehead atoms. The molecule has 4 rings (SSSR count). The highest BCUT2D eigenvalue weighted by atomic mass is 79.9. The van der Waals surface area contributed by atoms with Gasteiger partial charge in [-0.05, 0) is 58.7 Å². The van der Waals surface area contributed by atoms with E-state index >= 15 is 0 Å². The SMILES string of the molecule is Cc1cc(Br)c(O)c(C=Nc2ccc3nc(-c4ccccc4)[nH]c3c2)c1. The van der Waals surface area contributed by atoms with Crippen LogP contribution in [0.5, 0.6) is 5.75 Å². The predicted octanol–water partition coefficient (Wildman–Crippen LogP) is 5.76. The van der Waals surface area contributed by atoms with Gasteiger partial charge in [-0.3, -0.25) is 4.99 Å². The van der Waals surface area contributed by atoms with Crippen molar-refractivity contribution in [1.29, 1.82) is 0 Å². The number of imidazole rings is 1. The minimum Gasteiger partial charge on any atom is -0.506 e. The van der Waals surface area contributed by atoms with Crippen LogP contribution < -0.4 is 0 Å². The molecular formula is C21H16BrN3O. The number of fused-ring (bicyclic) bond motifs is 1. The van der Waals surface area contributed by atoms with Crippen molar-refractivity contribution in [2.24, 2.45) is 4.99 Å². The summed E-state index contributed by atoms with van der Waals surface area (Å²) in [4.78, 5) is 12.5. The van der Waals surface area contributed by atoms with Crippen LogP contribution in [-0.2, 0) is 0 Å². The van der Waals surface area contributed by atoms with E-state index in [9.17, 15) is 5.11 Å². The zero-order valence-corrected chi connectivity index (χ0v) is 15.7. The molecule has 1 aromatic heterocycles. The number of halogens is 1. The Morgan fingerprint density at radius 1 is 1.08 bits per heavy atom. The first-order valence-corrected chi connectivity index (χ1v) is 8.98. The largest absolute Gasteiger partial charge is 0.506 e. The van der Waals surface area contributed by atoms with Crippen molar-refractivity contribution in [3.05, 3.63) is 76.3 Å². The number of nitrogens with one attached hydrogen (secondary N) is 1. The summed E-state index contributed by atoms with van der Waals surface area (Å²) in [5.74, 6) is 1.02. The van der Waals surface area contributed by atoms with Crippen molar-refractivity contribution in [1.82, 2.24) is 9.97 Å². The fraction of sp³-hybridized carbons (Fsp3) is 0.0476. The first kappa shape index (κ1) is 16.5. The topological polar surface area (TPSA) is 61.3 Å². The Hall–Kier alpha value is -2.92. The summed E-state index contributed by atoms with van der Waals surface area (Å²) in [6.07, 6.45) is 1.67. The number of aryl methyl sites for hydroxylation is 1. The van der Waals surface area contributed by atoms with Crippen LogP contribution in [0.25, 0.3) is 22.4 Å². The van der Waals surface area contributed by atoms with E-state index in [0.29, 0.717) is 10.0 Å². The molecule has 1 heterocycles. The molecule has 0 radical (unpaired) electrons. The molecular weight excluding hydrogens is 390 g/mol. The molecule has 0 aliphatic rings. The fourth-order valence-corrected chi connectivity index (χ4v) is 3.40. The number of hydrogen-bond donors (Lipinski definition) is 2. The van der Waals surface area contributed by atoms with Gasteiger partial charge in [-0.25, -0.2) is 4.98 Å². The number of nitrogens with zero attached hydrogens (tertiary/aromatic N) is 2. The van der Waals surface area contributed by atoms with Crippen LogP contribution in [0.4, 0.5) is 5.69 Å². The number of aromatic nitrogens is 2. The molecule has 0 saturated carbocycles. The maximum atomic E-state index is 10.1. The molecule has 0 aliphatic carbocycles. The fourth-order valence-electron chi connectivity index (χ4n) is 2.81. The lowest BCUT2D eigenvalue weighted by Crippen LogP contribution is -1.86. The lowest BCUT2D eigenvalue weighted by molar-refractivity contribution is 0.471. The molecule has 0 amide bonds. The van der Waals surface area contributed by atoms with Crippen molar-refractivity contribution in [2.45, 2.75) is 6.92 Å². The van der Waals surface area contributed by atoms with Crippen molar-refractivity contribution in [2.75, 3.05) is 0 Å². The molecule has 2 N–H and O–H groups in total. The molecule has 128 valence electrons. The van der Waals surface area contributed by atoms with Gasteiger partial charge in [-0.2, -0.15) is 0 Å². The molecule has 0 aliphatic heterocycles. The van der Waals surface area contributed by atoms with E-state index in [-0.39, 0.29) is 5.75 Å². The number of phenols is 1. The Labute approximate surface area is 159 Å². The van der Waals surface area contributed by atoms with Crippen molar-refractivity contribution >= 4 is 38.9 Å². The Morgan fingerprint density at radius 3 is 2.69 bits per heavy atom. The quantitative estimate of drug-likeness (QED) is 0.425. The van der Waals surface area contributed by atoms with Gasteiger partial charge in [0.25, 0.3) is 0 Å². The molecule has 4 nitrogen and oxygen atoms in total. The Balaban J connectivity index is 1.68. The molecule has 5 heteroatoms. The van der Waals surface area contributed by atoms with E-state index in [0.717, 1.165) is 33.7 Å². The average Bonchev–Trinajstić information content (AvgIpc) is 3.07. The van der Waals surface area contributed by atoms with Gasteiger partial charge in [0, 0.05) is 17.3 Å². The van der Waals surface area contributed by atoms with Crippen LogP contribution in [-0.4, -0.2) is 21.3 Å². The van der Waals surface area contributed by atoms with Gasteiger partial charge >= 0.3 is 0 Å². The molecule has 0 spiro atoms. The van der Waals surface area contributed by atoms with Gasteiger partial charge in [0.1, 0.15) is 11.6 Å². The van der Waals surface area contributed by atoms with E-state index in [1.54, 1.807) is 6.21 Å². The van der Waals surface area contributed by atoms with Gasteiger partial charge in [-0.15, -0.1) is 0 Å². The van der Waals surface area contributed by atoms with E-state index < -0.39 is 0 Å². The molecule has 0 atom stereocenters. The van der Waals surface area contributed by atoms with E-state index in [2.05, 4.69) is 30.9 Å². The second kappa shape index (κ2) is 6.77. The molecule has 0 saturated heterocycles. The highest BCUT2D eigenvalue weighted by Gasteiger charge is 2.07. The predicted molar refractivity (Wildman–Crippen MR) is 109 cm³/mol.